The highest BCUT2D eigenvalue weighted by Crippen LogP contribution is 2.87. The number of rotatable bonds is 0. The van der Waals surface area contributed by atoms with Crippen LogP contribution in [0.5, 0.6) is 0 Å². The van der Waals surface area contributed by atoms with E-state index in [0.29, 0.717) is 11.7 Å². The number of hydrogen-bond donors (Lipinski definition) is 0. The fourth-order valence-electron chi connectivity index (χ4n) is 26.8. The van der Waals surface area contributed by atoms with Gasteiger partial charge in [-0.1, -0.05) is 6.42 Å². The molecule has 0 N–H and O–H groups in total. The van der Waals surface area contributed by atoms with Crippen LogP contribution in [0.15, 0.2) is 0 Å². The number of benzene rings is 18. The SMILES string of the molecule is O=C1C[C@@H]2CCC[C@H]1C13c4c5c6c7c8c9c(c%10c%11c1c1c4c4c%12c5c5c6c6c8c8c%13c9c9c%10c%10c%11c%11c1c1c4c4c%12c%12c5c5c6c8c6c8c%13c9c9c%10c%10c%11c1c1c4c4c%12c5c6c5c8c9c%10c1c45)C723. The fraction of sp³-hybridized carbons (Fsp3) is 0.119. The minimum atomic E-state index is -0.394. The maximum absolute atomic E-state index is 16.0. The molecular weight excluding hydrogens is 821 g/mol. The molecule has 7 aliphatic carbocycles. The largest absolute Gasteiger partial charge is 0.299 e. The van der Waals surface area contributed by atoms with Crippen LogP contribution < -0.4 is 0 Å². The average Bonchev–Trinajstić information content (AvgIpc) is 4.22. The Kier molecular flexibility index (Phi) is 1.99. The lowest BCUT2D eigenvalue weighted by Gasteiger charge is -2.62. The molecule has 35 rings (SSSR count). The van der Waals surface area contributed by atoms with Crippen LogP contribution >= 0.6 is 0 Å². The molecule has 28 aromatic carbocycles. The van der Waals surface area contributed by atoms with Crippen LogP contribution in [-0.2, 0) is 15.6 Å². The van der Waals surface area contributed by atoms with E-state index in [1.807, 2.05) is 0 Å². The van der Waals surface area contributed by atoms with Crippen LogP contribution in [0, 0.1) is 11.8 Å². The van der Waals surface area contributed by atoms with Crippen LogP contribution in [0.1, 0.15) is 47.9 Å². The van der Waals surface area contributed by atoms with E-state index in [2.05, 4.69) is 0 Å². The standard InChI is InChI=1S/C67H10O/c68-7-4-5-2-1-3-6(7)67-64-58-52-42-34-24-16-12-9-8-10-14(16)22-30(24)44(52)50-40-32(22)26-18(10)19-11(8)15-17-13(9)21-20(12)28(34)38-39-29(21)35-25(17)31-23(15)33-27(19)37-36(26)46(40)54-55-47(37)41(33)51-45(31)53-43(35)49(39)61(60(64)48(38)42)65(67)59(53)57(51)63(55)66(5,67)62(54)56(50)58/h5-6H,1-4H2/t5-,6+,66?,67?/m0/s1. The number of fused-ring (bicyclic) bond motifs is 3. The summed E-state index contributed by atoms with van der Waals surface area (Å²) in [6.45, 7) is 0. The predicted molar refractivity (Wildman–Crippen MR) is 284 cm³/mol. The lowest BCUT2D eigenvalue weighted by atomic mass is 9.38. The summed E-state index contributed by atoms with van der Waals surface area (Å²) in [5, 5.41) is 89.2. The summed E-state index contributed by atoms with van der Waals surface area (Å²) in [6.07, 6.45) is 4.13. The van der Waals surface area contributed by atoms with E-state index in [1.54, 1.807) is 313 Å². The van der Waals surface area contributed by atoms with Crippen molar-refractivity contribution in [2.75, 3.05) is 0 Å². The number of Topliss-reactive ketones (excluding diaryl/α,β-unsaturated/α-hetero) is 1. The molecule has 1 heteroatoms. The van der Waals surface area contributed by atoms with Crippen molar-refractivity contribution in [3.05, 3.63) is 22.3 Å². The van der Waals surface area contributed by atoms with Gasteiger partial charge < -0.3 is 0 Å². The zero-order chi connectivity index (χ0) is 40.0. The van der Waals surface area contributed by atoms with Crippen LogP contribution in [-0.4, -0.2) is 5.78 Å². The van der Waals surface area contributed by atoms with Gasteiger partial charge in [0, 0.05) is 23.2 Å². The topological polar surface area (TPSA) is 17.1 Å². The molecule has 2 bridgehead atoms. The predicted octanol–water partition coefficient (Wildman–Crippen LogP) is 17.7. The van der Waals surface area contributed by atoms with Crippen molar-refractivity contribution in [1.29, 1.82) is 0 Å². The van der Waals surface area contributed by atoms with E-state index >= 15 is 4.79 Å². The summed E-state index contributed by atoms with van der Waals surface area (Å²) in [5.74, 6) is 0.900. The zero-order valence-corrected chi connectivity index (χ0v) is 34.9. The second kappa shape index (κ2) is 5.47. The Labute approximate surface area is 370 Å². The van der Waals surface area contributed by atoms with Gasteiger partial charge in [-0.2, -0.15) is 0 Å². The minimum Gasteiger partial charge on any atom is -0.299 e. The molecule has 284 valence electrons. The van der Waals surface area contributed by atoms with E-state index in [4.69, 9.17) is 0 Å². The Hall–Kier alpha value is -7.87. The first-order valence-corrected chi connectivity index (χ1v) is 26.1. The van der Waals surface area contributed by atoms with Crippen LogP contribution in [0.25, 0.3) is 291 Å². The quantitative estimate of drug-likeness (QED) is 0.139. The Balaban J connectivity index is 1.24. The highest BCUT2D eigenvalue weighted by atomic mass is 16.1. The molecule has 0 aliphatic heterocycles. The van der Waals surface area contributed by atoms with Crippen molar-refractivity contribution in [1.82, 2.24) is 0 Å². The summed E-state index contributed by atoms with van der Waals surface area (Å²) in [7, 11) is 0. The molecule has 0 saturated heterocycles. The van der Waals surface area contributed by atoms with Crippen LogP contribution in [0.4, 0.5) is 0 Å². The van der Waals surface area contributed by atoms with Gasteiger partial charge in [-0.3, -0.25) is 4.79 Å². The molecule has 0 amide bonds. The summed E-state index contributed by atoms with van der Waals surface area (Å²) in [5.41, 5.74) is 6.26. The van der Waals surface area contributed by atoms with Gasteiger partial charge in [0.25, 0.3) is 0 Å². The summed E-state index contributed by atoms with van der Waals surface area (Å²) < 4.78 is 0. The number of carbonyl (C=O) groups excluding carboxylic acids is 1. The van der Waals surface area contributed by atoms with Crippen LogP contribution in [0.2, 0.25) is 0 Å². The highest BCUT2D eigenvalue weighted by molar-refractivity contribution is 6.82. The first-order chi connectivity index (χ1) is 33.9. The summed E-state index contributed by atoms with van der Waals surface area (Å²) in [4.78, 5) is 16.0. The lowest BCUT2D eigenvalue weighted by molar-refractivity contribution is -0.130. The Morgan fingerprint density at radius 2 is 0.397 bits per heavy atom. The number of carbonyl (C=O) groups is 1. The average molecular weight is 831 g/mol. The Morgan fingerprint density at radius 3 is 0.603 bits per heavy atom. The van der Waals surface area contributed by atoms with Crippen LogP contribution in [0.3, 0.4) is 0 Å². The number of hydrogen-bond acceptors (Lipinski definition) is 1. The Morgan fingerprint density at radius 1 is 0.221 bits per heavy atom. The lowest BCUT2D eigenvalue weighted by Crippen LogP contribution is -2.63. The molecule has 3 fully saturated rings. The van der Waals surface area contributed by atoms with Crippen molar-refractivity contribution in [2.24, 2.45) is 11.8 Å². The summed E-state index contributed by atoms with van der Waals surface area (Å²) in [6, 6.07) is 0. The van der Waals surface area contributed by atoms with E-state index in [9.17, 15) is 0 Å². The van der Waals surface area contributed by atoms with E-state index in [1.165, 1.54) is 12.8 Å². The zero-order valence-electron chi connectivity index (χ0n) is 34.9. The molecule has 0 radical (unpaired) electrons. The van der Waals surface area contributed by atoms with Crippen molar-refractivity contribution in [2.45, 2.75) is 36.5 Å². The Bertz CT molecular complexity index is 6990. The van der Waals surface area contributed by atoms with Gasteiger partial charge in [0.1, 0.15) is 5.78 Å². The van der Waals surface area contributed by atoms with Gasteiger partial charge in [-0.15, -0.1) is 0 Å². The van der Waals surface area contributed by atoms with E-state index < -0.39 is 5.41 Å². The molecular formula is C67H10O. The normalized spacial score (nSPS) is 26.1. The maximum atomic E-state index is 16.0. The second-order valence-electron chi connectivity index (χ2n) is 26.2. The molecule has 0 unspecified atom stereocenters. The third-order valence-electron chi connectivity index (χ3n) is 26.5. The van der Waals surface area contributed by atoms with Crippen molar-refractivity contribution >= 4 is 297 Å². The molecule has 2 spiro atoms. The van der Waals surface area contributed by atoms with Gasteiger partial charge in [0.15, 0.2) is 0 Å². The first-order valence-electron chi connectivity index (χ1n) is 26.1. The van der Waals surface area contributed by atoms with Gasteiger partial charge in [-0.25, -0.2) is 0 Å². The molecule has 0 heterocycles. The van der Waals surface area contributed by atoms with Gasteiger partial charge in [0.2, 0.25) is 0 Å². The van der Waals surface area contributed by atoms with Gasteiger partial charge >= 0.3 is 0 Å². The summed E-state index contributed by atoms with van der Waals surface area (Å²) >= 11 is 0. The third-order valence-corrected chi connectivity index (χ3v) is 26.5. The molecule has 1 nitrogen and oxygen atoms in total. The monoisotopic (exact) mass is 830 g/mol. The fourth-order valence-corrected chi connectivity index (χ4v) is 26.8. The highest BCUT2D eigenvalue weighted by Gasteiger charge is 2.76. The second-order valence-corrected chi connectivity index (χ2v) is 26.2. The third kappa shape index (κ3) is 1.24. The first kappa shape index (κ1) is 24.8. The van der Waals surface area contributed by atoms with Gasteiger partial charge in [0.05, 0.1) is 0 Å². The number of ketones is 1. The minimum absolute atomic E-state index is 0.00278. The van der Waals surface area contributed by atoms with Crippen molar-refractivity contribution < 1.29 is 4.79 Å². The van der Waals surface area contributed by atoms with Crippen molar-refractivity contribution in [3.8, 4) is 0 Å². The van der Waals surface area contributed by atoms with Crippen molar-refractivity contribution in [3.63, 3.8) is 0 Å². The molecule has 7 aliphatic rings. The smallest absolute Gasteiger partial charge is 0.137 e. The molecule has 3 saturated carbocycles. The maximum Gasteiger partial charge on any atom is 0.137 e. The molecule has 68 heavy (non-hydrogen) atoms. The van der Waals surface area contributed by atoms with E-state index in [0.717, 1.165) is 12.8 Å². The molecule has 2 atom stereocenters. The molecule has 28 aromatic rings. The molecule has 0 aromatic heterocycles. The van der Waals surface area contributed by atoms with E-state index in [-0.39, 0.29) is 11.3 Å². The van der Waals surface area contributed by atoms with Gasteiger partial charge in [-0.05, 0) is 332 Å².